The van der Waals surface area contributed by atoms with Crippen LogP contribution in [-0.4, -0.2) is 38.9 Å². The molecular weight excluding hydrogens is 561 g/mol. The standard InChI is InChI=1S/3C7H8O3S.3Na/c3*8-11(9,10)6-7-4-2-1-3-5-7;;;/h3*1-5H,6H2,(H,8,9,10);;;/q;;;3*+1/p-3. The molecule has 0 unspecified atom stereocenters. The Kier molecular flexibility index (Phi) is 23.1. The molecule has 0 atom stereocenters. The zero-order valence-electron chi connectivity index (χ0n) is 20.2. The summed E-state index contributed by atoms with van der Waals surface area (Å²) >= 11 is 0. The van der Waals surface area contributed by atoms with Gasteiger partial charge >= 0.3 is 88.7 Å². The number of hydrogen-bond acceptors (Lipinski definition) is 9. The predicted molar refractivity (Wildman–Crippen MR) is 120 cm³/mol. The van der Waals surface area contributed by atoms with E-state index in [1.807, 2.05) is 0 Å². The average Bonchev–Trinajstić information content (AvgIpc) is 2.67. The molecule has 0 amide bonds. The van der Waals surface area contributed by atoms with Gasteiger partial charge in [0.05, 0.1) is 47.6 Å². The Morgan fingerprint density at radius 2 is 0.556 bits per heavy atom. The van der Waals surface area contributed by atoms with Crippen LogP contribution in [0.2, 0.25) is 0 Å². The van der Waals surface area contributed by atoms with Crippen molar-refractivity contribution >= 4 is 30.4 Å². The van der Waals surface area contributed by atoms with Crippen LogP contribution in [-0.2, 0) is 47.6 Å². The maximum Gasteiger partial charge on any atom is 1.00 e. The van der Waals surface area contributed by atoms with Gasteiger partial charge in [-0.25, -0.2) is 25.3 Å². The minimum Gasteiger partial charge on any atom is -0.748 e. The van der Waals surface area contributed by atoms with Crippen LogP contribution >= 0.6 is 0 Å². The van der Waals surface area contributed by atoms with Crippen molar-refractivity contribution in [3.63, 3.8) is 0 Å². The van der Waals surface area contributed by atoms with Gasteiger partial charge in [-0.3, -0.25) is 0 Å². The van der Waals surface area contributed by atoms with Gasteiger partial charge in [-0.1, -0.05) is 91.0 Å². The van der Waals surface area contributed by atoms with Gasteiger partial charge < -0.3 is 13.7 Å². The van der Waals surface area contributed by atoms with Crippen molar-refractivity contribution in [3.05, 3.63) is 108 Å². The molecule has 0 heterocycles. The summed E-state index contributed by atoms with van der Waals surface area (Å²) in [6.07, 6.45) is 0. The van der Waals surface area contributed by atoms with E-state index >= 15 is 0 Å². The fourth-order valence-corrected chi connectivity index (χ4v) is 4.14. The third kappa shape index (κ3) is 24.7. The van der Waals surface area contributed by atoms with E-state index in [-0.39, 0.29) is 88.7 Å². The second-order valence-corrected chi connectivity index (χ2v) is 10.8. The van der Waals surface area contributed by atoms with Crippen molar-refractivity contribution in [2.45, 2.75) is 17.3 Å². The average molecular weight is 583 g/mol. The molecule has 0 aliphatic carbocycles. The van der Waals surface area contributed by atoms with Gasteiger partial charge in [0.2, 0.25) is 0 Å². The van der Waals surface area contributed by atoms with Crippen molar-refractivity contribution in [1.29, 1.82) is 0 Å². The minimum atomic E-state index is -4.13. The van der Waals surface area contributed by atoms with E-state index in [1.165, 1.54) is 0 Å². The molecule has 0 fully saturated rings. The molecule has 3 rings (SSSR count). The number of benzene rings is 3. The smallest absolute Gasteiger partial charge is 0.748 e. The van der Waals surface area contributed by atoms with E-state index < -0.39 is 47.6 Å². The third-order valence-electron chi connectivity index (χ3n) is 3.56. The van der Waals surface area contributed by atoms with Crippen LogP contribution in [0, 0.1) is 0 Å². The van der Waals surface area contributed by atoms with Crippen molar-refractivity contribution in [1.82, 2.24) is 0 Å². The SMILES string of the molecule is O=S(=O)([O-])Cc1ccccc1.O=S(=O)([O-])Cc1ccccc1.O=S(=O)([O-])Cc1ccccc1.[Na+].[Na+].[Na+]. The van der Waals surface area contributed by atoms with E-state index in [4.69, 9.17) is 0 Å². The first-order chi connectivity index (χ1) is 15.2. The second kappa shape index (κ2) is 20.3. The molecule has 36 heavy (non-hydrogen) atoms. The Morgan fingerprint density at radius 3 is 0.694 bits per heavy atom. The van der Waals surface area contributed by atoms with Crippen LogP contribution in [0.1, 0.15) is 16.7 Å². The molecule has 0 aliphatic rings. The van der Waals surface area contributed by atoms with Crippen LogP contribution in [0.3, 0.4) is 0 Å². The zero-order chi connectivity index (χ0) is 25.0. The molecule has 9 nitrogen and oxygen atoms in total. The largest absolute Gasteiger partial charge is 1.00 e. The predicted octanol–water partition coefficient (Wildman–Crippen LogP) is -6.79. The van der Waals surface area contributed by atoms with Crippen molar-refractivity contribution in [3.8, 4) is 0 Å². The summed E-state index contributed by atoms with van der Waals surface area (Å²) < 4.78 is 92.2. The van der Waals surface area contributed by atoms with E-state index in [2.05, 4.69) is 0 Å². The summed E-state index contributed by atoms with van der Waals surface area (Å²) in [5.74, 6) is -1.27. The molecule has 0 saturated heterocycles. The fraction of sp³-hybridized carbons (Fsp3) is 0.143. The number of hydrogen-bond donors (Lipinski definition) is 0. The summed E-state index contributed by atoms with van der Waals surface area (Å²) in [6, 6.07) is 25.1. The monoisotopic (exact) mass is 582 g/mol. The summed E-state index contributed by atoms with van der Waals surface area (Å²) in [5.41, 5.74) is 1.59. The molecule has 0 aliphatic heterocycles. The molecule has 0 saturated carbocycles. The van der Waals surface area contributed by atoms with E-state index in [0.717, 1.165) is 0 Å². The number of rotatable bonds is 6. The molecule has 15 heteroatoms. The summed E-state index contributed by atoms with van der Waals surface area (Å²) in [5, 5.41) is 0. The Balaban J connectivity index is -0.000000436. The van der Waals surface area contributed by atoms with Gasteiger partial charge in [0.25, 0.3) is 0 Å². The maximum absolute atomic E-state index is 10.2. The van der Waals surface area contributed by atoms with Crippen molar-refractivity contribution < 1.29 is 128 Å². The Morgan fingerprint density at radius 1 is 0.389 bits per heavy atom. The van der Waals surface area contributed by atoms with Gasteiger partial charge in [0.15, 0.2) is 0 Å². The minimum absolute atomic E-state index is 0. The van der Waals surface area contributed by atoms with E-state index in [1.54, 1.807) is 91.0 Å². The molecule has 0 spiro atoms. The topological polar surface area (TPSA) is 172 Å². The van der Waals surface area contributed by atoms with Gasteiger partial charge in [0, 0.05) is 0 Å². The van der Waals surface area contributed by atoms with Gasteiger partial charge in [0.1, 0.15) is 0 Å². The Bertz CT molecular complexity index is 1120. The van der Waals surface area contributed by atoms with E-state index in [0.29, 0.717) is 16.7 Å². The second-order valence-electron chi connectivity index (χ2n) is 6.56. The van der Waals surface area contributed by atoms with Crippen LogP contribution in [0.15, 0.2) is 91.0 Å². The van der Waals surface area contributed by atoms with Crippen LogP contribution in [0.4, 0.5) is 0 Å². The molecule has 0 bridgehead atoms. The maximum atomic E-state index is 10.2. The first kappa shape index (κ1) is 40.9. The molecule has 180 valence electrons. The molecule has 0 radical (unpaired) electrons. The van der Waals surface area contributed by atoms with Crippen molar-refractivity contribution in [2.24, 2.45) is 0 Å². The van der Waals surface area contributed by atoms with Crippen LogP contribution in [0.5, 0.6) is 0 Å². The summed E-state index contributed by atoms with van der Waals surface area (Å²) in [4.78, 5) is 0. The van der Waals surface area contributed by atoms with Crippen LogP contribution in [0.25, 0.3) is 0 Å². The molecular formula is C21H21Na3O9S3. The van der Waals surface area contributed by atoms with Crippen molar-refractivity contribution in [2.75, 3.05) is 0 Å². The third-order valence-corrected chi connectivity index (χ3v) is 5.62. The fourth-order valence-electron chi connectivity index (χ4n) is 2.34. The molecule has 3 aromatic rings. The summed E-state index contributed by atoms with van der Waals surface area (Å²) in [7, 11) is -12.4. The Labute approximate surface area is 279 Å². The van der Waals surface area contributed by atoms with Gasteiger partial charge in [-0.2, -0.15) is 0 Å². The van der Waals surface area contributed by atoms with Gasteiger partial charge in [-0.05, 0) is 16.7 Å². The molecule has 0 N–H and O–H groups in total. The summed E-state index contributed by atoms with van der Waals surface area (Å²) in [6.45, 7) is 0. The molecule has 0 aromatic heterocycles. The Hall–Kier alpha value is 0.390. The quantitative estimate of drug-likeness (QED) is 0.202. The van der Waals surface area contributed by atoms with E-state index in [9.17, 15) is 38.9 Å². The first-order valence-electron chi connectivity index (χ1n) is 9.16. The first-order valence-corrected chi connectivity index (χ1v) is 13.9. The van der Waals surface area contributed by atoms with Gasteiger partial charge in [-0.15, -0.1) is 0 Å². The normalized spacial score (nSPS) is 10.4. The zero-order valence-corrected chi connectivity index (χ0v) is 28.6. The van der Waals surface area contributed by atoms with Crippen LogP contribution < -0.4 is 88.7 Å². The molecule has 3 aromatic carbocycles.